The molecule has 0 bridgehead atoms. The number of aryl methyl sites for hydroxylation is 1. The Labute approximate surface area is 180 Å². The van der Waals surface area contributed by atoms with E-state index in [2.05, 4.69) is 15.0 Å². The summed E-state index contributed by atoms with van der Waals surface area (Å²) < 4.78 is 31.7. The van der Waals surface area contributed by atoms with Gasteiger partial charge in [-0.3, -0.25) is 19.6 Å². The van der Waals surface area contributed by atoms with E-state index in [1.54, 1.807) is 4.90 Å². The molecule has 2 atom stereocenters. The topological polar surface area (TPSA) is 117 Å². The molecule has 0 spiro atoms. The molecule has 2 aromatic rings. The molecule has 2 aromatic heterocycles. The fourth-order valence-electron chi connectivity index (χ4n) is 3.71. The number of carboxylic acid groups (broad SMARTS) is 1. The number of hydrogen-bond donors (Lipinski definition) is 1. The molecule has 2 fully saturated rings. The highest BCUT2D eigenvalue weighted by Crippen LogP contribution is 2.33. The summed E-state index contributed by atoms with van der Waals surface area (Å²) in [5.74, 6) is -2.74. The molecule has 2 aliphatic rings. The highest BCUT2D eigenvalue weighted by Gasteiger charge is 2.47. The highest BCUT2D eigenvalue weighted by molar-refractivity contribution is 5.93. The van der Waals surface area contributed by atoms with Gasteiger partial charge in [0, 0.05) is 43.6 Å². The van der Waals surface area contributed by atoms with Crippen molar-refractivity contribution in [3.63, 3.8) is 0 Å². The van der Waals surface area contributed by atoms with E-state index in [4.69, 9.17) is 9.90 Å². The Balaban J connectivity index is 0.000000360. The van der Waals surface area contributed by atoms with Crippen molar-refractivity contribution in [3.8, 4) is 0 Å². The van der Waals surface area contributed by atoms with Gasteiger partial charge >= 0.3 is 12.1 Å². The van der Waals surface area contributed by atoms with Crippen molar-refractivity contribution in [2.75, 3.05) is 19.6 Å². The van der Waals surface area contributed by atoms with Gasteiger partial charge in [0.15, 0.2) is 0 Å². The van der Waals surface area contributed by atoms with Crippen LogP contribution < -0.4 is 0 Å². The van der Waals surface area contributed by atoms with E-state index in [-0.39, 0.29) is 23.7 Å². The van der Waals surface area contributed by atoms with Crippen molar-refractivity contribution >= 4 is 17.8 Å². The quantitative estimate of drug-likeness (QED) is 0.753. The van der Waals surface area contributed by atoms with Crippen LogP contribution in [0.3, 0.4) is 0 Å². The van der Waals surface area contributed by atoms with E-state index in [0.717, 1.165) is 11.4 Å². The second-order valence-corrected chi connectivity index (χ2v) is 7.46. The molecule has 2 amide bonds. The molecule has 4 heterocycles. The molecule has 2 aliphatic heterocycles. The van der Waals surface area contributed by atoms with Crippen molar-refractivity contribution < 1.29 is 32.7 Å². The summed E-state index contributed by atoms with van der Waals surface area (Å²) in [6.45, 7) is 4.19. The third-order valence-corrected chi connectivity index (χ3v) is 5.14. The lowest BCUT2D eigenvalue weighted by molar-refractivity contribution is -0.192. The van der Waals surface area contributed by atoms with Crippen molar-refractivity contribution in [3.05, 3.63) is 53.9 Å². The van der Waals surface area contributed by atoms with Crippen LogP contribution in [0.25, 0.3) is 0 Å². The van der Waals surface area contributed by atoms with Gasteiger partial charge in [-0.25, -0.2) is 9.78 Å². The van der Waals surface area contributed by atoms with E-state index in [1.807, 2.05) is 30.0 Å². The van der Waals surface area contributed by atoms with Crippen molar-refractivity contribution in [1.82, 2.24) is 24.8 Å². The molecule has 0 aromatic carbocycles. The fourth-order valence-corrected chi connectivity index (χ4v) is 3.71. The van der Waals surface area contributed by atoms with Gasteiger partial charge in [0.25, 0.3) is 5.91 Å². The molecule has 0 saturated carbocycles. The maximum atomic E-state index is 12.7. The van der Waals surface area contributed by atoms with Crippen LogP contribution in [0.5, 0.6) is 0 Å². The molecule has 170 valence electrons. The average molecular weight is 451 g/mol. The number of carbonyl (C=O) groups is 3. The third kappa shape index (κ3) is 5.37. The Morgan fingerprint density at radius 1 is 1.19 bits per heavy atom. The van der Waals surface area contributed by atoms with E-state index in [0.29, 0.717) is 31.9 Å². The molecule has 12 heteroatoms. The van der Waals surface area contributed by atoms with Gasteiger partial charge in [-0.15, -0.1) is 0 Å². The number of aromatic nitrogens is 3. The van der Waals surface area contributed by atoms with E-state index >= 15 is 0 Å². The van der Waals surface area contributed by atoms with Gasteiger partial charge in [0.1, 0.15) is 5.69 Å². The summed E-state index contributed by atoms with van der Waals surface area (Å²) in [5.41, 5.74) is 2.18. The van der Waals surface area contributed by atoms with Crippen LogP contribution in [0.1, 0.15) is 21.9 Å². The standard InChI is InChI=1S/C18H19N5O2.C2HF3O2/c1-12-3-2-4-14(21-12)10-22-8-13-9-23(11-15(13)17(22)24)18(25)16-7-19-5-6-20-16;3-2(4,5)1(6)7/h2-7,13,15H,8-11H2,1H3;(H,6,7)/t13-,15+;/m1./s1. The van der Waals surface area contributed by atoms with Crippen molar-refractivity contribution in [2.45, 2.75) is 19.6 Å². The summed E-state index contributed by atoms with van der Waals surface area (Å²) in [7, 11) is 0. The molecule has 32 heavy (non-hydrogen) atoms. The van der Waals surface area contributed by atoms with Crippen LogP contribution in [0.2, 0.25) is 0 Å². The maximum absolute atomic E-state index is 12.7. The summed E-state index contributed by atoms with van der Waals surface area (Å²) >= 11 is 0. The number of amides is 2. The number of nitrogens with zero attached hydrogens (tertiary/aromatic N) is 5. The zero-order valence-corrected chi connectivity index (χ0v) is 17.0. The first kappa shape index (κ1) is 23.1. The summed E-state index contributed by atoms with van der Waals surface area (Å²) in [4.78, 5) is 50.1. The van der Waals surface area contributed by atoms with Gasteiger partial charge in [-0.1, -0.05) is 6.07 Å². The fraction of sp³-hybridized carbons (Fsp3) is 0.400. The first-order chi connectivity index (χ1) is 15.1. The molecule has 9 nitrogen and oxygen atoms in total. The molecule has 0 aliphatic carbocycles. The lowest BCUT2D eigenvalue weighted by Gasteiger charge is -2.21. The monoisotopic (exact) mass is 451 g/mol. The van der Waals surface area contributed by atoms with Crippen LogP contribution in [-0.2, 0) is 16.1 Å². The van der Waals surface area contributed by atoms with E-state index in [1.165, 1.54) is 18.6 Å². The number of rotatable bonds is 3. The number of carbonyl (C=O) groups excluding carboxylic acids is 2. The number of alkyl halides is 3. The summed E-state index contributed by atoms with van der Waals surface area (Å²) in [5, 5.41) is 7.12. The smallest absolute Gasteiger partial charge is 0.475 e. The number of pyridine rings is 1. The largest absolute Gasteiger partial charge is 0.490 e. The third-order valence-electron chi connectivity index (χ3n) is 5.14. The molecule has 0 radical (unpaired) electrons. The van der Waals surface area contributed by atoms with E-state index < -0.39 is 12.1 Å². The number of halogens is 3. The average Bonchev–Trinajstić information content (AvgIpc) is 3.27. The minimum atomic E-state index is -5.08. The Hall–Kier alpha value is -3.57. The van der Waals surface area contributed by atoms with Crippen molar-refractivity contribution in [2.24, 2.45) is 11.8 Å². The van der Waals surface area contributed by atoms with Crippen LogP contribution in [0, 0.1) is 18.8 Å². The van der Waals surface area contributed by atoms with Gasteiger partial charge in [-0.2, -0.15) is 13.2 Å². The molecule has 0 unspecified atom stereocenters. The summed E-state index contributed by atoms with van der Waals surface area (Å²) in [6.07, 6.45) is -0.573. The molecular formula is C20H20F3N5O4. The first-order valence-corrected chi connectivity index (χ1v) is 9.63. The Morgan fingerprint density at radius 3 is 2.47 bits per heavy atom. The van der Waals surface area contributed by atoms with Gasteiger partial charge in [-0.05, 0) is 19.1 Å². The normalized spacial score (nSPS) is 19.9. The number of likely N-dealkylation sites (tertiary alicyclic amines) is 2. The van der Waals surface area contributed by atoms with Crippen LogP contribution in [0.15, 0.2) is 36.8 Å². The SMILES string of the molecule is Cc1cccc(CN2C[C@@H]3CN(C(=O)c4cnccn4)C[C@@H]3C2=O)n1.O=C(O)C(F)(F)F. The van der Waals surface area contributed by atoms with Gasteiger partial charge in [0.05, 0.1) is 24.4 Å². The lowest BCUT2D eigenvalue weighted by Crippen LogP contribution is -2.35. The Kier molecular flexibility index (Phi) is 6.70. The minimum Gasteiger partial charge on any atom is -0.475 e. The van der Waals surface area contributed by atoms with Crippen LogP contribution in [-0.4, -0.2) is 73.5 Å². The number of hydrogen-bond acceptors (Lipinski definition) is 6. The second kappa shape index (κ2) is 9.28. The molecular weight excluding hydrogens is 431 g/mol. The van der Waals surface area contributed by atoms with Gasteiger partial charge in [0.2, 0.25) is 5.91 Å². The predicted octanol–water partition coefficient (Wildman–Crippen LogP) is 1.54. The maximum Gasteiger partial charge on any atom is 0.490 e. The summed E-state index contributed by atoms with van der Waals surface area (Å²) in [6, 6.07) is 5.85. The lowest BCUT2D eigenvalue weighted by atomic mass is 10.0. The number of aliphatic carboxylic acids is 1. The molecule has 4 rings (SSSR count). The highest BCUT2D eigenvalue weighted by atomic mass is 19.4. The zero-order chi connectivity index (χ0) is 23.5. The Bertz CT molecular complexity index is 1000. The minimum absolute atomic E-state index is 0.114. The van der Waals surface area contributed by atoms with Crippen molar-refractivity contribution in [1.29, 1.82) is 0 Å². The molecule has 1 N–H and O–H groups in total. The van der Waals surface area contributed by atoms with E-state index in [9.17, 15) is 22.8 Å². The predicted molar refractivity (Wildman–Crippen MR) is 103 cm³/mol. The van der Waals surface area contributed by atoms with Crippen LogP contribution >= 0.6 is 0 Å². The Morgan fingerprint density at radius 2 is 1.91 bits per heavy atom. The number of fused-ring (bicyclic) bond motifs is 1. The first-order valence-electron chi connectivity index (χ1n) is 9.63. The van der Waals surface area contributed by atoms with Crippen LogP contribution in [0.4, 0.5) is 13.2 Å². The molecule has 2 saturated heterocycles. The van der Waals surface area contributed by atoms with Gasteiger partial charge < -0.3 is 14.9 Å². The number of carboxylic acids is 1. The second-order valence-electron chi connectivity index (χ2n) is 7.46. The zero-order valence-electron chi connectivity index (χ0n) is 17.0.